The molecule has 0 unspecified atom stereocenters. The maximum atomic E-state index is 12.0. The van der Waals surface area contributed by atoms with E-state index in [1.54, 1.807) is 0 Å². The number of amides is 1. The predicted molar refractivity (Wildman–Crippen MR) is 93.8 cm³/mol. The van der Waals surface area contributed by atoms with Crippen LogP contribution in [0.25, 0.3) is 0 Å². The summed E-state index contributed by atoms with van der Waals surface area (Å²) in [6, 6.07) is 15.9. The monoisotopic (exact) mass is 363 g/mol. The Bertz CT molecular complexity index is 615. The molecule has 21 heavy (non-hydrogen) atoms. The van der Waals surface area contributed by atoms with Gasteiger partial charge in [-0.15, -0.1) is 0 Å². The lowest BCUT2D eigenvalue weighted by molar-refractivity contribution is 0.0955. The van der Waals surface area contributed by atoms with Gasteiger partial charge in [0.15, 0.2) is 0 Å². The van der Waals surface area contributed by atoms with Crippen LogP contribution in [0.5, 0.6) is 0 Å². The molecule has 0 spiro atoms. The van der Waals surface area contributed by atoms with Crippen LogP contribution in [-0.4, -0.2) is 18.2 Å². The third-order valence-corrected chi connectivity index (χ3v) is 4.87. The quantitative estimate of drug-likeness (QED) is 0.769. The number of carbonyl (C=O) groups excluding carboxylic acids is 1. The summed E-state index contributed by atoms with van der Waals surface area (Å²) in [7, 11) is 0. The van der Waals surface area contributed by atoms with Crippen LogP contribution in [0.3, 0.4) is 0 Å². The highest BCUT2D eigenvalue weighted by Crippen LogP contribution is 2.16. The molecule has 2 nitrogen and oxygen atoms in total. The zero-order chi connectivity index (χ0) is 15.1. The second-order valence-corrected chi connectivity index (χ2v) is 6.67. The topological polar surface area (TPSA) is 29.1 Å². The van der Waals surface area contributed by atoms with Crippen LogP contribution >= 0.6 is 27.7 Å². The van der Waals surface area contributed by atoms with Crippen molar-refractivity contribution in [2.45, 2.75) is 12.7 Å². The molecule has 2 aromatic carbocycles. The van der Waals surface area contributed by atoms with Crippen molar-refractivity contribution >= 4 is 33.6 Å². The summed E-state index contributed by atoms with van der Waals surface area (Å²) in [6.45, 7) is 2.81. The van der Waals surface area contributed by atoms with Crippen molar-refractivity contribution in [1.29, 1.82) is 0 Å². The Kier molecular flexibility index (Phi) is 6.33. The summed E-state index contributed by atoms with van der Waals surface area (Å²) < 4.78 is 0.829. The van der Waals surface area contributed by atoms with Gasteiger partial charge in [0.25, 0.3) is 5.91 Å². The van der Waals surface area contributed by atoms with Crippen molar-refractivity contribution in [2.24, 2.45) is 0 Å². The molecule has 0 atom stereocenters. The first kappa shape index (κ1) is 16.1. The van der Waals surface area contributed by atoms with E-state index in [2.05, 4.69) is 52.4 Å². The molecule has 0 radical (unpaired) electrons. The van der Waals surface area contributed by atoms with Crippen LogP contribution in [0.15, 0.2) is 53.0 Å². The van der Waals surface area contributed by atoms with Crippen LogP contribution in [0.2, 0.25) is 0 Å². The van der Waals surface area contributed by atoms with Crippen LogP contribution in [0.1, 0.15) is 21.5 Å². The van der Waals surface area contributed by atoms with E-state index in [0.29, 0.717) is 12.1 Å². The Hall–Kier alpha value is -1.26. The molecule has 0 aliphatic rings. The third-order valence-electron chi connectivity index (χ3n) is 3.17. The zero-order valence-corrected chi connectivity index (χ0v) is 14.3. The average Bonchev–Trinajstić information content (AvgIpc) is 2.49. The van der Waals surface area contributed by atoms with Crippen LogP contribution in [-0.2, 0) is 5.75 Å². The van der Waals surface area contributed by atoms with E-state index in [0.717, 1.165) is 16.0 Å². The normalized spacial score (nSPS) is 10.4. The first-order chi connectivity index (χ1) is 10.2. The van der Waals surface area contributed by atoms with Gasteiger partial charge in [-0.05, 0) is 46.1 Å². The number of halogens is 1. The lowest BCUT2D eigenvalue weighted by Crippen LogP contribution is -2.26. The minimum Gasteiger partial charge on any atom is -0.351 e. The fourth-order valence-electron chi connectivity index (χ4n) is 1.93. The van der Waals surface area contributed by atoms with Crippen molar-refractivity contribution < 1.29 is 4.79 Å². The Morgan fingerprint density at radius 3 is 2.62 bits per heavy atom. The van der Waals surface area contributed by atoms with Crippen LogP contribution in [0.4, 0.5) is 0 Å². The van der Waals surface area contributed by atoms with Gasteiger partial charge in [-0.2, -0.15) is 11.8 Å². The van der Waals surface area contributed by atoms with Gasteiger partial charge in [0.1, 0.15) is 0 Å². The van der Waals surface area contributed by atoms with Gasteiger partial charge in [-0.25, -0.2) is 0 Å². The van der Waals surface area contributed by atoms with Crippen molar-refractivity contribution in [3.63, 3.8) is 0 Å². The lowest BCUT2D eigenvalue weighted by Gasteiger charge is -2.08. The van der Waals surface area contributed by atoms with E-state index >= 15 is 0 Å². The Balaban J connectivity index is 1.72. The molecule has 110 valence electrons. The molecule has 0 aliphatic heterocycles. The van der Waals surface area contributed by atoms with E-state index in [-0.39, 0.29) is 5.91 Å². The Morgan fingerprint density at radius 1 is 1.14 bits per heavy atom. The van der Waals surface area contributed by atoms with Gasteiger partial charge in [0, 0.05) is 22.5 Å². The summed E-state index contributed by atoms with van der Waals surface area (Å²) in [4.78, 5) is 12.0. The minimum absolute atomic E-state index is 0.0287. The fourth-order valence-corrected chi connectivity index (χ4v) is 3.33. The molecule has 0 aromatic heterocycles. The third kappa shape index (κ3) is 4.90. The molecule has 0 bridgehead atoms. The highest BCUT2D eigenvalue weighted by Gasteiger charge is 2.07. The molecule has 0 heterocycles. The molecule has 0 saturated carbocycles. The van der Waals surface area contributed by atoms with Crippen LogP contribution in [0, 0.1) is 6.92 Å². The van der Waals surface area contributed by atoms with Gasteiger partial charge < -0.3 is 5.32 Å². The molecule has 0 fully saturated rings. The van der Waals surface area contributed by atoms with E-state index in [9.17, 15) is 4.79 Å². The molecule has 2 aromatic rings. The average molecular weight is 364 g/mol. The maximum absolute atomic E-state index is 12.0. The summed E-state index contributed by atoms with van der Waals surface area (Å²) in [5.41, 5.74) is 3.36. The molecule has 0 aliphatic carbocycles. The first-order valence-electron chi connectivity index (χ1n) is 6.83. The summed E-state index contributed by atoms with van der Waals surface area (Å²) in [5, 5.41) is 2.95. The molecule has 1 N–H and O–H groups in total. The molecule has 1 amide bonds. The van der Waals surface area contributed by atoms with Crippen molar-refractivity contribution in [3.05, 3.63) is 69.7 Å². The number of nitrogens with one attached hydrogen (secondary N) is 1. The molecular formula is C17H18BrNOS. The molecule has 2 rings (SSSR count). The van der Waals surface area contributed by atoms with Crippen LogP contribution < -0.4 is 5.32 Å². The molecule has 4 heteroatoms. The van der Waals surface area contributed by atoms with E-state index in [4.69, 9.17) is 0 Å². The van der Waals surface area contributed by atoms with Gasteiger partial charge in [0.05, 0.1) is 5.56 Å². The van der Waals surface area contributed by atoms with Gasteiger partial charge in [-0.3, -0.25) is 4.79 Å². The van der Waals surface area contributed by atoms with Gasteiger partial charge >= 0.3 is 0 Å². The first-order valence-corrected chi connectivity index (χ1v) is 8.78. The SMILES string of the molecule is Cc1ccccc1CSCCNC(=O)c1ccccc1Br. The number of rotatable bonds is 6. The smallest absolute Gasteiger partial charge is 0.252 e. The highest BCUT2D eigenvalue weighted by atomic mass is 79.9. The number of hydrogen-bond acceptors (Lipinski definition) is 2. The number of aryl methyl sites for hydroxylation is 1. The number of benzene rings is 2. The molecule has 0 saturated heterocycles. The summed E-state index contributed by atoms with van der Waals surface area (Å²) in [6.07, 6.45) is 0. The molecular weight excluding hydrogens is 346 g/mol. The number of hydrogen-bond donors (Lipinski definition) is 1. The van der Waals surface area contributed by atoms with E-state index in [1.165, 1.54) is 11.1 Å². The maximum Gasteiger partial charge on any atom is 0.252 e. The predicted octanol–water partition coefficient (Wildman–Crippen LogP) is 4.42. The second-order valence-electron chi connectivity index (χ2n) is 4.71. The van der Waals surface area contributed by atoms with E-state index in [1.807, 2.05) is 36.0 Å². The number of carbonyl (C=O) groups is 1. The van der Waals surface area contributed by atoms with Crippen molar-refractivity contribution in [1.82, 2.24) is 5.32 Å². The number of thioether (sulfide) groups is 1. The summed E-state index contributed by atoms with van der Waals surface area (Å²) >= 11 is 5.23. The Morgan fingerprint density at radius 2 is 1.86 bits per heavy atom. The highest BCUT2D eigenvalue weighted by molar-refractivity contribution is 9.10. The standard InChI is InChI=1S/C17H18BrNOS/c1-13-6-2-3-7-14(13)12-21-11-10-19-17(20)15-8-4-5-9-16(15)18/h2-9H,10-12H2,1H3,(H,19,20). The summed E-state index contributed by atoms with van der Waals surface area (Å²) in [5.74, 6) is 1.86. The zero-order valence-electron chi connectivity index (χ0n) is 11.9. The van der Waals surface area contributed by atoms with Crippen molar-refractivity contribution in [3.8, 4) is 0 Å². The second kappa shape index (κ2) is 8.25. The fraction of sp³-hybridized carbons (Fsp3) is 0.235. The van der Waals surface area contributed by atoms with Crippen molar-refractivity contribution in [2.75, 3.05) is 12.3 Å². The van der Waals surface area contributed by atoms with Gasteiger partial charge in [0.2, 0.25) is 0 Å². The largest absolute Gasteiger partial charge is 0.351 e. The minimum atomic E-state index is -0.0287. The lowest BCUT2D eigenvalue weighted by atomic mass is 10.1. The Labute approximate surface area is 138 Å². The van der Waals surface area contributed by atoms with Gasteiger partial charge in [-0.1, -0.05) is 36.4 Å². The van der Waals surface area contributed by atoms with E-state index < -0.39 is 0 Å².